The molecule has 2 heterocycles. The van der Waals surface area contributed by atoms with E-state index in [0.29, 0.717) is 23.0 Å². The third kappa shape index (κ3) is 4.39. The molecule has 0 aliphatic carbocycles. The molecule has 7 heteroatoms. The summed E-state index contributed by atoms with van der Waals surface area (Å²) in [6.45, 7) is 1.27. The summed E-state index contributed by atoms with van der Waals surface area (Å²) in [5.41, 5.74) is 0.639. The lowest BCUT2D eigenvalue weighted by Gasteiger charge is -2.32. The highest BCUT2D eigenvalue weighted by Gasteiger charge is 2.26. The smallest absolute Gasteiger partial charge is 0.253 e. The fraction of sp³-hybridized carbons (Fsp3) is 0.389. The summed E-state index contributed by atoms with van der Waals surface area (Å²) in [5, 5.41) is 8.83. The average molecular weight is 361 g/mol. The summed E-state index contributed by atoms with van der Waals surface area (Å²) in [7, 11) is 3.82. The van der Waals surface area contributed by atoms with Gasteiger partial charge in [0.2, 0.25) is 5.88 Å². The summed E-state index contributed by atoms with van der Waals surface area (Å²) in [5.74, 6) is 1.26. The topological polar surface area (TPSA) is 58.6 Å². The van der Waals surface area contributed by atoms with E-state index in [0.717, 1.165) is 25.2 Å². The molecule has 6 nitrogen and oxygen atoms in total. The van der Waals surface area contributed by atoms with Gasteiger partial charge in [0, 0.05) is 37.3 Å². The van der Waals surface area contributed by atoms with Crippen molar-refractivity contribution in [2.75, 3.05) is 32.1 Å². The van der Waals surface area contributed by atoms with Crippen molar-refractivity contribution in [3.8, 4) is 5.88 Å². The summed E-state index contributed by atoms with van der Waals surface area (Å²) >= 11 is 5.89. The molecule has 0 saturated carbocycles. The number of carbonyl (C=O) groups is 1. The molecule has 1 unspecified atom stereocenters. The molecular formula is C18H21ClN4O2. The van der Waals surface area contributed by atoms with Crippen LogP contribution in [0.1, 0.15) is 23.2 Å². The number of hydrogen-bond donors (Lipinski definition) is 0. The molecule has 25 heavy (non-hydrogen) atoms. The van der Waals surface area contributed by atoms with E-state index in [1.54, 1.807) is 24.3 Å². The number of aromatic nitrogens is 2. The molecule has 0 N–H and O–H groups in total. The fourth-order valence-electron chi connectivity index (χ4n) is 2.78. The van der Waals surface area contributed by atoms with Gasteiger partial charge in [-0.05, 0) is 43.2 Å². The lowest BCUT2D eigenvalue weighted by Crippen LogP contribution is -2.44. The Labute approximate surface area is 152 Å². The Morgan fingerprint density at radius 1 is 1.20 bits per heavy atom. The van der Waals surface area contributed by atoms with Gasteiger partial charge in [0.05, 0.1) is 6.54 Å². The highest BCUT2D eigenvalue weighted by molar-refractivity contribution is 6.30. The van der Waals surface area contributed by atoms with Crippen LogP contribution in [0.15, 0.2) is 36.4 Å². The second-order valence-corrected chi connectivity index (χ2v) is 6.70. The average Bonchev–Trinajstić information content (AvgIpc) is 2.62. The molecule has 1 aliphatic rings. The van der Waals surface area contributed by atoms with E-state index in [2.05, 4.69) is 10.2 Å². The second-order valence-electron chi connectivity index (χ2n) is 6.26. The number of ether oxygens (including phenoxy) is 1. The monoisotopic (exact) mass is 360 g/mol. The van der Waals surface area contributed by atoms with Gasteiger partial charge >= 0.3 is 0 Å². The Morgan fingerprint density at radius 3 is 2.60 bits per heavy atom. The number of likely N-dealkylation sites (tertiary alicyclic amines) is 1. The fourth-order valence-corrected chi connectivity index (χ4v) is 2.91. The van der Waals surface area contributed by atoms with Crippen molar-refractivity contribution in [3.63, 3.8) is 0 Å². The third-order valence-electron chi connectivity index (χ3n) is 4.13. The van der Waals surface area contributed by atoms with Crippen LogP contribution >= 0.6 is 11.6 Å². The van der Waals surface area contributed by atoms with Crippen molar-refractivity contribution >= 4 is 23.3 Å². The quantitative estimate of drug-likeness (QED) is 0.839. The molecule has 3 rings (SSSR count). The molecular weight excluding hydrogens is 340 g/mol. The van der Waals surface area contributed by atoms with Gasteiger partial charge in [-0.25, -0.2) is 0 Å². The molecule has 0 spiro atoms. The summed E-state index contributed by atoms with van der Waals surface area (Å²) in [6.07, 6.45) is 1.71. The zero-order chi connectivity index (χ0) is 17.8. The van der Waals surface area contributed by atoms with Crippen LogP contribution in [0.25, 0.3) is 0 Å². The van der Waals surface area contributed by atoms with E-state index in [9.17, 15) is 4.79 Å². The third-order valence-corrected chi connectivity index (χ3v) is 4.38. The maximum absolute atomic E-state index is 12.6. The van der Waals surface area contributed by atoms with Crippen LogP contribution in [0.5, 0.6) is 5.88 Å². The first-order chi connectivity index (χ1) is 12.0. The molecule has 0 radical (unpaired) electrons. The van der Waals surface area contributed by atoms with Gasteiger partial charge in [0.1, 0.15) is 6.10 Å². The minimum atomic E-state index is -0.0792. The van der Waals surface area contributed by atoms with Crippen molar-refractivity contribution < 1.29 is 9.53 Å². The van der Waals surface area contributed by atoms with E-state index in [-0.39, 0.29) is 12.0 Å². The molecule has 1 saturated heterocycles. The number of nitrogens with zero attached hydrogens (tertiary/aromatic N) is 4. The number of amides is 1. The Hall–Kier alpha value is -2.34. The zero-order valence-electron chi connectivity index (χ0n) is 14.4. The van der Waals surface area contributed by atoms with Crippen LogP contribution < -0.4 is 9.64 Å². The largest absolute Gasteiger partial charge is 0.471 e. The van der Waals surface area contributed by atoms with Crippen LogP contribution in [-0.2, 0) is 0 Å². The van der Waals surface area contributed by atoms with Crippen LogP contribution in [0.2, 0.25) is 5.02 Å². The summed E-state index contributed by atoms with van der Waals surface area (Å²) in [6, 6.07) is 10.6. The lowest BCUT2D eigenvalue weighted by molar-refractivity contribution is 0.0525. The minimum Gasteiger partial charge on any atom is -0.471 e. The van der Waals surface area contributed by atoms with Crippen LogP contribution in [-0.4, -0.2) is 54.3 Å². The van der Waals surface area contributed by atoms with Crippen molar-refractivity contribution in [3.05, 3.63) is 47.0 Å². The van der Waals surface area contributed by atoms with Gasteiger partial charge in [0.15, 0.2) is 5.82 Å². The highest BCUT2D eigenvalue weighted by Crippen LogP contribution is 2.20. The van der Waals surface area contributed by atoms with Gasteiger partial charge < -0.3 is 14.5 Å². The number of halogens is 1. The van der Waals surface area contributed by atoms with Crippen LogP contribution in [0, 0.1) is 0 Å². The van der Waals surface area contributed by atoms with E-state index >= 15 is 0 Å². The first kappa shape index (κ1) is 17.5. The Balaban J connectivity index is 1.62. The molecule has 1 fully saturated rings. The summed E-state index contributed by atoms with van der Waals surface area (Å²) in [4.78, 5) is 16.3. The number of piperidine rings is 1. The first-order valence-corrected chi connectivity index (χ1v) is 8.63. The predicted octanol–water partition coefficient (Wildman–Crippen LogP) is 2.88. The summed E-state index contributed by atoms with van der Waals surface area (Å²) < 4.78 is 5.92. The van der Waals surface area contributed by atoms with Gasteiger partial charge in [-0.2, -0.15) is 0 Å². The Kier molecular flexibility index (Phi) is 5.38. The predicted molar refractivity (Wildman–Crippen MR) is 97.4 cm³/mol. The first-order valence-electron chi connectivity index (χ1n) is 8.25. The van der Waals surface area contributed by atoms with Crippen LogP contribution in [0.3, 0.4) is 0 Å². The normalized spacial score (nSPS) is 17.2. The molecule has 2 aromatic rings. The van der Waals surface area contributed by atoms with Gasteiger partial charge in [-0.3, -0.25) is 4.79 Å². The maximum atomic E-state index is 12.6. The second kappa shape index (κ2) is 7.70. The molecule has 0 bridgehead atoms. The minimum absolute atomic E-state index is 0.000920. The molecule has 132 valence electrons. The van der Waals surface area contributed by atoms with Gasteiger partial charge in [0.25, 0.3) is 5.91 Å². The lowest BCUT2D eigenvalue weighted by atomic mass is 10.1. The van der Waals surface area contributed by atoms with Crippen molar-refractivity contribution in [1.82, 2.24) is 15.1 Å². The number of rotatable bonds is 4. The number of hydrogen-bond acceptors (Lipinski definition) is 5. The number of benzene rings is 1. The molecule has 1 amide bonds. The molecule has 1 aromatic heterocycles. The number of anilines is 1. The van der Waals surface area contributed by atoms with E-state index in [1.807, 2.05) is 36.0 Å². The van der Waals surface area contributed by atoms with E-state index in [4.69, 9.17) is 16.3 Å². The molecule has 1 aromatic carbocycles. The Morgan fingerprint density at radius 2 is 1.96 bits per heavy atom. The van der Waals surface area contributed by atoms with Crippen molar-refractivity contribution in [2.24, 2.45) is 0 Å². The van der Waals surface area contributed by atoms with Crippen LogP contribution in [0.4, 0.5) is 5.82 Å². The SMILES string of the molecule is CN(C)c1ccc(OC2CCCN(C(=O)c3ccc(Cl)cc3)C2)nn1. The van der Waals surface area contributed by atoms with E-state index in [1.165, 1.54) is 0 Å². The Bertz CT molecular complexity index is 719. The number of carbonyl (C=O) groups excluding carboxylic acids is 1. The van der Waals surface area contributed by atoms with Crippen molar-refractivity contribution in [1.29, 1.82) is 0 Å². The standard InChI is InChI=1S/C18H21ClN4O2/c1-22(2)16-9-10-17(21-20-16)25-15-4-3-11-23(12-15)18(24)13-5-7-14(19)8-6-13/h5-10,15H,3-4,11-12H2,1-2H3. The van der Waals surface area contributed by atoms with Gasteiger partial charge in [-0.15, -0.1) is 10.2 Å². The zero-order valence-corrected chi connectivity index (χ0v) is 15.1. The maximum Gasteiger partial charge on any atom is 0.253 e. The molecule has 1 aliphatic heterocycles. The highest BCUT2D eigenvalue weighted by atomic mass is 35.5. The molecule has 1 atom stereocenters. The van der Waals surface area contributed by atoms with E-state index < -0.39 is 0 Å². The van der Waals surface area contributed by atoms with Gasteiger partial charge in [-0.1, -0.05) is 11.6 Å². The van der Waals surface area contributed by atoms with Crippen molar-refractivity contribution in [2.45, 2.75) is 18.9 Å².